The van der Waals surface area contributed by atoms with Crippen LogP contribution < -0.4 is 20.5 Å². The summed E-state index contributed by atoms with van der Waals surface area (Å²) in [5, 5.41) is 12.0. The third-order valence-electron chi connectivity index (χ3n) is 4.26. The molecule has 0 heterocycles. The summed E-state index contributed by atoms with van der Waals surface area (Å²) in [5.41, 5.74) is 5.32. The van der Waals surface area contributed by atoms with Gasteiger partial charge in [-0.15, -0.1) is 0 Å². The summed E-state index contributed by atoms with van der Waals surface area (Å²) in [6, 6.07) is 2.78. The number of carboxylic acids is 1. The molecule has 0 saturated heterocycles. The van der Waals surface area contributed by atoms with Gasteiger partial charge in [-0.1, -0.05) is 11.6 Å². The first-order valence-corrected chi connectivity index (χ1v) is 8.52. The molecule has 0 spiro atoms. The fraction of sp³-hybridized carbons (Fsp3) is 0.471. The number of carboxylic acid groups (broad SMARTS) is 1. The molecular weight excluding hydrogens is 364 g/mol. The number of halogens is 1. The Balaban J connectivity index is 2.06. The third kappa shape index (κ3) is 5.01. The smallest absolute Gasteiger partial charge is 0.306 e. The molecule has 0 bridgehead atoms. The first-order valence-electron chi connectivity index (χ1n) is 8.14. The van der Waals surface area contributed by atoms with E-state index in [4.69, 9.17) is 31.9 Å². The van der Waals surface area contributed by atoms with Crippen LogP contribution in [0.25, 0.3) is 0 Å². The Bertz CT molecular complexity index is 701. The van der Waals surface area contributed by atoms with E-state index >= 15 is 0 Å². The van der Waals surface area contributed by atoms with Crippen LogP contribution in [0.2, 0.25) is 5.02 Å². The Morgan fingerprint density at radius 2 is 1.92 bits per heavy atom. The van der Waals surface area contributed by atoms with Gasteiger partial charge in [0, 0.05) is 11.6 Å². The molecule has 0 atom stereocenters. The molecule has 0 unspecified atom stereocenters. The number of rotatable bonds is 7. The van der Waals surface area contributed by atoms with Gasteiger partial charge in [0.15, 0.2) is 18.1 Å². The largest absolute Gasteiger partial charge is 0.493 e. The number of hydrogen-bond donors (Lipinski definition) is 3. The van der Waals surface area contributed by atoms with Gasteiger partial charge in [0.25, 0.3) is 11.8 Å². The van der Waals surface area contributed by atoms with Crippen molar-refractivity contribution in [1.82, 2.24) is 5.32 Å². The second-order valence-electron chi connectivity index (χ2n) is 6.10. The van der Waals surface area contributed by atoms with Gasteiger partial charge in [0.1, 0.15) is 0 Å². The fourth-order valence-electron chi connectivity index (χ4n) is 2.89. The molecule has 1 fully saturated rings. The zero-order chi connectivity index (χ0) is 19.3. The molecular formula is C17H21ClN2O6. The molecule has 1 saturated carbocycles. The predicted molar refractivity (Wildman–Crippen MR) is 93.5 cm³/mol. The van der Waals surface area contributed by atoms with E-state index in [1.807, 2.05) is 0 Å². The third-order valence-corrected chi connectivity index (χ3v) is 4.54. The molecule has 0 aromatic heterocycles. The molecule has 142 valence electrons. The van der Waals surface area contributed by atoms with Crippen LogP contribution in [0.5, 0.6) is 11.5 Å². The van der Waals surface area contributed by atoms with Crippen molar-refractivity contribution >= 4 is 29.4 Å². The Hall–Kier alpha value is -2.48. The van der Waals surface area contributed by atoms with Gasteiger partial charge in [-0.25, -0.2) is 0 Å². The summed E-state index contributed by atoms with van der Waals surface area (Å²) in [6.45, 7) is -0.367. The average Bonchev–Trinajstić information content (AvgIpc) is 2.60. The maximum Gasteiger partial charge on any atom is 0.306 e. The quantitative estimate of drug-likeness (QED) is 0.654. The molecule has 0 aliphatic heterocycles. The number of benzene rings is 1. The van der Waals surface area contributed by atoms with Crippen molar-refractivity contribution in [2.24, 2.45) is 11.7 Å². The molecule has 9 heteroatoms. The van der Waals surface area contributed by atoms with Gasteiger partial charge < -0.3 is 25.6 Å². The van der Waals surface area contributed by atoms with Crippen molar-refractivity contribution in [2.75, 3.05) is 13.7 Å². The standard InChI is InChI=1S/C17H21ClN2O6/c1-25-13-7-10(6-12(18)15(13)26-8-14(19)21)16(22)20-11-4-2-9(3-5-11)17(23)24/h6-7,9,11H,2-5,8H2,1H3,(H2,19,21)(H,20,22)(H,23,24). The highest BCUT2D eigenvalue weighted by Gasteiger charge is 2.27. The lowest BCUT2D eigenvalue weighted by Gasteiger charge is -2.27. The maximum atomic E-state index is 12.5. The van der Waals surface area contributed by atoms with Crippen molar-refractivity contribution in [3.63, 3.8) is 0 Å². The first-order chi connectivity index (χ1) is 12.3. The lowest BCUT2D eigenvalue weighted by molar-refractivity contribution is -0.142. The van der Waals surface area contributed by atoms with Crippen molar-refractivity contribution in [1.29, 1.82) is 0 Å². The highest BCUT2D eigenvalue weighted by Crippen LogP contribution is 2.36. The van der Waals surface area contributed by atoms with E-state index in [0.717, 1.165) is 0 Å². The monoisotopic (exact) mass is 384 g/mol. The minimum atomic E-state index is -0.794. The van der Waals surface area contributed by atoms with Crippen LogP contribution in [-0.2, 0) is 9.59 Å². The SMILES string of the molecule is COc1cc(C(=O)NC2CCC(C(=O)O)CC2)cc(Cl)c1OCC(N)=O. The highest BCUT2D eigenvalue weighted by molar-refractivity contribution is 6.32. The zero-order valence-corrected chi connectivity index (χ0v) is 15.0. The molecule has 2 amide bonds. The topological polar surface area (TPSA) is 128 Å². The van der Waals surface area contributed by atoms with Crippen LogP contribution in [-0.4, -0.2) is 42.6 Å². The molecule has 1 aromatic rings. The molecule has 1 aliphatic rings. The van der Waals surface area contributed by atoms with Gasteiger partial charge >= 0.3 is 5.97 Å². The average molecular weight is 385 g/mol. The van der Waals surface area contributed by atoms with E-state index in [1.165, 1.54) is 19.2 Å². The lowest BCUT2D eigenvalue weighted by Crippen LogP contribution is -2.38. The van der Waals surface area contributed by atoms with Crippen molar-refractivity contribution < 1.29 is 29.0 Å². The summed E-state index contributed by atoms with van der Waals surface area (Å²) in [4.78, 5) is 34.3. The Kier molecular flexibility index (Phi) is 6.68. The van der Waals surface area contributed by atoms with Crippen LogP contribution in [0, 0.1) is 5.92 Å². The van der Waals surface area contributed by atoms with Crippen molar-refractivity contribution in [3.8, 4) is 11.5 Å². The minimum absolute atomic E-state index is 0.0892. The summed E-state index contributed by atoms with van der Waals surface area (Å²) in [6.07, 6.45) is 2.27. The number of amides is 2. The summed E-state index contributed by atoms with van der Waals surface area (Å²) >= 11 is 6.14. The molecule has 0 radical (unpaired) electrons. The zero-order valence-electron chi connectivity index (χ0n) is 14.3. The van der Waals surface area contributed by atoms with E-state index in [9.17, 15) is 14.4 Å². The van der Waals surface area contributed by atoms with Crippen LogP contribution >= 0.6 is 11.6 Å². The summed E-state index contributed by atoms with van der Waals surface area (Å²) < 4.78 is 10.4. The number of nitrogens with one attached hydrogen (secondary N) is 1. The molecule has 1 aliphatic carbocycles. The number of hydrogen-bond acceptors (Lipinski definition) is 5. The van der Waals surface area contributed by atoms with Crippen LogP contribution in [0.15, 0.2) is 12.1 Å². The highest BCUT2D eigenvalue weighted by atomic mass is 35.5. The van der Waals surface area contributed by atoms with E-state index in [2.05, 4.69) is 5.32 Å². The van der Waals surface area contributed by atoms with Gasteiger partial charge in [0.05, 0.1) is 18.1 Å². The van der Waals surface area contributed by atoms with E-state index < -0.39 is 11.9 Å². The summed E-state index contributed by atoms with van der Waals surface area (Å²) in [7, 11) is 1.39. The number of primary amides is 1. The van der Waals surface area contributed by atoms with Crippen LogP contribution in [0.1, 0.15) is 36.0 Å². The molecule has 2 rings (SSSR count). The number of ether oxygens (including phenoxy) is 2. The number of carbonyl (C=O) groups excluding carboxylic acids is 2. The van der Waals surface area contributed by atoms with E-state index in [0.29, 0.717) is 25.7 Å². The summed E-state index contributed by atoms with van der Waals surface area (Å²) in [5.74, 6) is -1.81. The van der Waals surface area contributed by atoms with Gasteiger partial charge in [-0.05, 0) is 37.8 Å². The molecule has 4 N–H and O–H groups in total. The van der Waals surface area contributed by atoms with E-state index in [-0.39, 0.29) is 46.6 Å². The van der Waals surface area contributed by atoms with Crippen molar-refractivity contribution in [3.05, 3.63) is 22.7 Å². The molecule has 8 nitrogen and oxygen atoms in total. The Labute approximate surface area is 155 Å². The second kappa shape index (κ2) is 8.75. The Morgan fingerprint density at radius 1 is 1.27 bits per heavy atom. The number of nitrogens with two attached hydrogens (primary N) is 1. The van der Waals surface area contributed by atoms with Crippen LogP contribution in [0.3, 0.4) is 0 Å². The molecule has 26 heavy (non-hydrogen) atoms. The van der Waals surface area contributed by atoms with E-state index in [1.54, 1.807) is 0 Å². The van der Waals surface area contributed by atoms with Crippen molar-refractivity contribution in [2.45, 2.75) is 31.7 Å². The lowest BCUT2D eigenvalue weighted by atomic mass is 9.86. The van der Waals surface area contributed by atoms with Gasteiger partial charge in [-0.3, -0.25) is 14.4 Å². The number of aliphatic carboxylic acids is 1. The maximum absolute atomic E-state index is 12.5. The van der Waals surface area contributed by atoms with Gasteiger partial charge in [0.2, 0.25) is 0 Å². The second-order valence-corrected chi connectivity index (χ2v) is 6.51. The predicted octanol–water partition coefficient (Wildman–Crippen LogP) is 1.59. The Morgan fingerprint density at radius 3 is 2.46 bits per heavy atom. The van der Waals surface area contributed by atoms with Gasteiger partial charge in [-0.2, -0.15) is 0 Å². The van der Waals surface area contributed by atoms with Crippen LogP contribution in [0.4, 0.5) is 0 Å². The normalized spacial score (nSPS) is 19.5. The number of methoxy groups -OCH3 is 1. The number of carbonyl (C=O) groups is 3. The molecule has 1 aromatic carbocycles. The minimum Gasteiger partial charge on any atom is -0.493 e. The first kappa shape index (κ1) is 19.8. The fourth-order valence-corrected chi connectivity index (χ4v) is 3.15.